The van der Waals surface area contributed by atoms with Crippen LogP contribution < -0.4 is 0 Å². The molecule has 0 saturated heterocycles. The van der Waals surface area contributed by atoms with E-state index in [-0.39, 0.29) is 0 Å². The third kappa shape index (κ3) is 3.89. The van der Waals surface area contributed by atoms with Crippen LogP contribution in [0.25, 0.3) is 0 Å². The van der Waals surface area contributed by atoms with Crippen LogP contribution in [0, 0.1) is 11.8 Å². The second-order valence-corrected chi connectivity index (χ2v) is 4.24. The van der Waals surface area contributed by atoms with Gasteiger partial charge in [0, 0.05) is 12.8 Å². The van der Waals surface area contributed by atoms with Gasteiger partial charge in [-0.05, 0) is 18.3 Å². The van der Waals surface area contributed by atoms with E-state index in [2.05, 4.69) is 13.8 Å². The molecule has 70 valence electrons. The Bertz CT molecular complexity index is 147. The highest BCUT2D eigenvalue weighted by Crippen LogP contribution is 2.33. The zero-order chi connectivity index (χ0) is 8.97. The summed E-state index contributed by atoms with van der Waals surface area (Å²) in [4.78, 5) is 11.3. The van der Waals surface area contributed by atoms with Crippen molar-refractivity contribution in [3.63, 3.8) is 0 Å². The maximum absolute atomic E-state index is 11.3. The number of Topliss-reactive ketones (excluding diaryl/α,β-unsaturated/α-hetero) is 1. The Balaban J connectivity index is 2.01. The highest BCUT2D eigenvalue weighted by molar-refractivity contribution is 5.78. The van der Waals surface area contributed by atoms with E-state index in [4.69, 9.17) is 0 Å². The van der Waals surface area contributed by atoms with Crippen molar-refractivity contribution in [1.82, 2.24) is 0 Å². The second-order valence-electron chi connectivity index (χ2n) is 4.24. The number of ketones is 1. The van der Waals surface area contributed by atoms with Crippen LogP contribution in [0.3, 0.4) is 0 Å². The lowest BCUT2D eigenvalue weighted by Gasteiger charge is -2.06. The summed E-state index contributed by atoms with van der Waals surface area (Å²) in [6, 6.07) is 0. The van der Waals surface area contributed by atoms with E-state index in [0.717, 1.165) is 31.6 Å². The highest BCUT2D eigenvalue weighted by atomic mass is 16.1. The van der Waals surface area contributed by atoms with Crippen molar-refractivity contribution in [2.75, 3.05) is 0 Å². The summed E-state index contributed by atoms with van der Waals surface area (Å²) < 4.78 is 0. The minimum absolute atomic E-state index is 0.483. The van der Waals surface area contributed by atoms with Crippen LogP contribution in [-0.2, 0) is 4.79 Å². The minimum Gasteiger partial charge on any atom is -0.300 e. The summed E-state index contributed by atoms with van der Waals surface area (Å²) in [6.07, 6.45) is 6.69. The van der Waals surface area contributed by atoms with Crippen molar-refractivity contribution in [1.29, 1.82) is 0 Å². The fourth-order valence-electron chi connectivity index (χ4n) is 1.41. The van der Waals surface area contributed by atoms with Crippen LogP contribution in [0.4, 0.5) is 0 Å². The van der Waals surface area contributed by atoms with E-state index >= 15 is 0 Å². The number of hydrogen-bond acceptors (Lipinski definition) is 1. The molecule has 1 saturated carbocycles. The smallest absolute Gasteiger partial charge is 0.133 e. The summed E-state index contributed by atoms with van der Waals surface area (Å²) in [7, 11) is 0. The fraction of sp³-hybridized carbons (Fsp3) is 0.909. The van der Waals surface area contributed by atoms with Gasteiger partial charge in [0.15, 0.2) is 0 Å². The molecule has 0 heterocycles. The lowest BCUT2D eigenvalue weighted by Crippen LogP contribution is -2.04. The zero-order valence-corrected chi connectivity index (χ0v) is 8.31. The van der Waals surface area contributed by atoms with Crippen LogP contribution in [-0.4, -0.2) is 5.78 Å². The van der Waals surface area contributed by atoms with Crippen LogP contribution in [0.1, 0.15) is 52.4 Å². The van der Waals surface area contributed by atoms with E-state index in [1.165, 1.54) is 12.8 Å². The standard InChI is InChI=1S/C11H20O/c1-3-9(2)8-11(12)7-6-10-4-5-10/h9-10H,3-8H2,1-2H3. The second kappa shape index (κ2) is 4.64. The Kier molecular flexibility index (Phi) is 3.77. The molecule has 0 aromatic rings. The van der Waals surface area contributed by atoms with Crippen molar-refractivity contribution in [2.45, 2.75) is 52.4 Å². The Morgan fingerprint density at radius 2 is 2.17 bits per heavy atom. The number of carbonyl (C=O) groups excluding carboxylic acids is 1. The maximum Gasteiger partial charge on any atom is 0.133 e. The lowest BCUT2D eigenvalue weighted by molar-refractivity contribution is -0.120. The lowest BCUT2D eigenvalue weighted by atomic mass is 9.99. The van der Waals surface area contributed by atoms with Crippen molar-refractivity contribution in [3.8, 4) is 0 Å². The number of carbonyl (C=O) groups is 1. The zero-order valence-electron chi connectivity index (χ0n) is 8.31. The Morgan fingerprint density at radius 1 is 1.50 bits per heavy atom. The summed E-state index contributed by atoms with van der Waals surface area (Å²) in [6.45, 7) is 4.31. The largest absolute Gasteiger partial charge is 0.300 e. The summed E-state index contributed by atoms with van der Waals surface area (Å²) >= 11 is 0. The first-order valence-electron chi connectivity index (χ1n) is 5.24. The Hall–Kier alpha value is -0.330. The van der Waals surface area contributed by atoms with Gasteiger partial charge in [0.05, 0.1) is 0 Å². The molecule has 12 heavy (non-hydrogen) atoms. The summed E-state index contributed by atoms with van der Waals surface area (Å²) in [5.74, 6) is 1.99. The molecule has 1 rings (SSSR count). The van der Waals surface area contributed by atoms with E-state index in [0.29, 0.717) is 11.7 Å². The third-order valence-corrected chi connectivity index (χ3v) is 2.80. The van der Waals surface area contributed by atoms with Crippen LogP contribution in [0.5, 0.6) is 0 Å². The van der Waals surface area contributed by atoms with Gasteiger partial charge >= 0.3 is 0 Å². The first-order chi connectivity index (χ1) is 5.72. The molecule has 0 bridgehead atoms. The van der Waals surface area contributed by atoms with Gasteiger partial charge in [0.2, 0.25) is 0 Å². The first kappa shape index (κ1) is 9.76. The molecular formula is C11H20O. The maximum atomic E-state index is 11.3. The van der Waals surface area contributed by atoms with Crippen LogP contribution in [0.15, 0.2) is 0 Å². The monoisotopic (exact) mass is 168 g/mol. The first-order valence-corrected chi connectivity index (χ1v) is 5.24. The molecule has 1 aliphatic carbocycles. The molecule has 1 fully saturated rings. The molecule has 0 aromatic carbocycles. The van der Waals surface area contributed by atoms with Gasteiger partial charge in [-0.2, -0.15) is 0 Å². The molecule has 1 unspecified atom stereocenters. The molecule has 1 nitrogen and oxygen atoms in total. The van der Waals surface area contributed by atoms with Crippen molar-refractivity contribution in [3.05, 3.63) is 0 Å². The molecule has 0 spiro atoms. The Morgan fingerprint density at radius 3 is 2.67 bits per heavy atom. The molecule has 1 heteroatoms. The van der Waals surface area contributed by atoms with Crippen molar-refractivity contribution in [2.24, 2.45) is 11.8 Å². The van der Waals surface area contributed by atoms with Gasteiger partial charge in [0.25, 0.3) is 0 Å². The van der Waals surface area contributed by atoms with Gasteiger partial charge in [-0.25, -0.2) is 0 Å². The number of hydrogen-bond donors (Lipinski definition) is 0. The molecule has 1 atom stereocenters. The Labute approximate surface area is 75.5 Å². The van der Waals surface area contributed by atoms with E-state index in [1.807, 2.05) is 0 Å². The van der Waals surface area contributed by atoms with Gasteiger partial charge in [-0.3, -0.25) is 4.79 Å². The third-order valence-electron chi connectivity index (χ3n) is 2.80. The van der Waals surface area contributed by atoms with Crippen molar-refractivity contribution < 1.29 is 4.79 Å². The molecule has 0 amide bonds. The topological polar surface area (TPSA) is 17.1 Å². The molecule has 1 aliphatic rings. The predicted octanol–water partition coefficient (Wildman–Crippen LogP) is 3.18. The van der Waals surface area contributed by atoms with Crippen molar-refractivity contribution >= 4 is 5.78 Å². The normalized spacial score (nSPS) is 19.2. The van der Waals surface area contributed by atoms with Gasteiger partial charge in [-0.1, -0.05) is 33.1 Å². The quantitative estimate of drug-likeness (QED) is 0.595. The molecule has 0 N–H and O–H groups in total. The average molecular weight is 168 g/mol. The SMILES string of the molecule is CCC(C)CC(=O)CCC1CC1. The summed E-state index contributed by atoms with van der Waals surface area (Å²) in [5, 5.41) is 0. The van der Waals surface area contributed by atoms with E-state index in [9.17, 15) is 4.79 Å². The number of rotatable bonds is 6. The minimum atomic E-state index is 0.483. The highest BCUT2D eigenvalue weighted by Gasteiger charge is 2.21. The van der Waals surface area contributed by atoms with Gasteiger partial charge < -0.3 is 0 Å². The van der Waals surface area contributed by atoms with Gasteiger partial charge in [-0.15, -0.1) is 0 Å². The fourth-order valence-corrected chi connectivity index (χ4v) is 1.41. The van der Waals surface area contributed by atoms with Crippen LogP contribution >= 0.6 is 0 Å². The molecular weight excluding hydrogens is 148 g/mol. The van der Waals surface area contributed by atoms with Crippen LogP contribution in [0.2, 0.25) is 0 Å². The van der Waals surface area contributed by atoms with E-state index in [1.54, 1.807) is 0 Å². The average Bonchev–Trinajstić information content (AvgIpc) is 2.83. The molecule has 0 radical (unpaired) electrons. The van der Waals surface area contributed by atoms with Gasteiger partial charge in [0.1, 0.15) is 5.78 Å². The predicted molar refractivity (Wildman–Crippen MR) is 51.0 cm³/mol. The van der Waals surface area contributed by atoms with E-state index < -0.39 is 0 Å². The molecule has 0 aromatic heterocycles. The summed E-state index contributed by atoms with van der Waals surface area (Å²) in [5.41, 5.74) is 0. The molecule has 0 aliphatic heterocycles.